The quantitative estimate of drug-likeness (QED) is 0.369. The molecule has 8 heteroatoms. The molecule has 1 atom stereocenters. The summed E-state index contributed by atoms with van der Waals surface area (Å²) in [5.41, 5.74) is 2.22. The summed E-state index contributed by atoms with van der Waals surface area (Å²) in [4.78, 5) is 25.1. The molecule has 1 aliphatic rings. The van der Waals surface area contributed by atoms with Gasteiger partial charge >= 0.3 is 0 Å². The van der Waals surface area contributed by atoms with Crippen LogP contribution in [-0.2, 0) is 6.54 Å². The minimum Gasteiger partial charge on any atom is -0.309 e. The second kappa shape index (κ2) is 9.45. The number of halogens is 1. The lowest BCUT2D eigenvalue weighted by atomic mass is 10.0. The van der Waals surface area contributed by atoms with E-state index in [0.717, 1.165) is 52.8 Å². The first-order valence-electron chi connectivity index (χ1n) is 10.8. The van der Waals surface area contributed by atoms with Crippen LogP contribution in [0.4, 0.5) is 0 Å². The average molecular weight is 485 g/mol. The van der Waals surface area contributed by atoms with Gasteiger partial charge in [0.05, 0.1) is 11.4 Å². The minimum atomic E-state index is -0.0546. The highest BCUT2D eigenvalue weighted by Crippen LogP contribution is 2.33. The van der Waals surface area contributed by atoms with Crippen molar-refractivity contribution < 1.29 is 0 Å². The van der Waals surface area contributed by atoms with E-state index in [2.05, 4.69) is 34.3 Å². The molecule has 2 N–H and O–H groups in total. The van der Waals surface area contributed by atoms with Crippen LogP contribution >= 0.6 is 34.3 Å². The Morgan fingerprint density at radius 1 is 1.22 bits per heavy atom. The molecule has 166 valence electrons. The highest BCUT2D eigenvalue weighted by atomic mass is 35.5. The topological polar surface area (TPSA) is 61.0 Å². The number of fused-ring (bicyclic) bond motifs is 1. The van der Waals surface area contributed by atoms with Crippen LogP contribution in [0.15, 0.2) is 52.0 Å². The Hall–Kier alpha value is -2.03. The predicted octanol–water partition coefficient (Wildman–Crippen LogP) is 5.68. The number of rotatable bonds is 6. The van der Waals surface area contributed by atoms with E-state index in [1.165, 1.54) is 16.9 Å². The molecule has 1 aromatic carbocycles. The van der Waals surface area contributed by atoms with E-state index in [0.29, 0.717) is 17.3 Å². The van der Waals surface area contributed by atoms with Crippen molar-refractivity contribution in [2.75, 3.05) is 13.1 Å². The largest absolute Gasteiger partial charge is 0.309 e. The third-order valence-corrected chi connectivity index (χ3v) is 8.08. The summed E-state index contributed by atoms with van der Waals surface area (Å²) in [5.74, 6) is 0.714. The van der Waals surface area contributed by atoms with Crippen LogP contribution < -0.4 is 10.9 Å². The van der Waals surface area contributed by atoms with Crippen molar-refractivity contribution in [3.05, 3.63) is 73.9 Å². The van der Waals surface area contributed by atoms with Crippen molar-refractivity contribution in [2.24, 2.45) is 0 Å². The van der Waals surface area contributed by atoms with Crippen molar-refractivity contribution >= 4 is 44.5 Å². The van der Waals surface area contributed by atoms with Gasteiger partial charge in [-0.2, -0.15) is 0 Å². The predicted molar refractivity (Wildman–Crippen MR) is 135 cm³/mol. The first-order chi connectivity index (χ1) is 15.6. The van der Waals surface area contributed by atoms with Crippen LogP contribution in [-0.4, -0.2) is 34.0 Å². The Balaban J connectivity index is 1.22. The number of piperidine rings is 1. The Labute approximate surface area is 200 Å². The Morgan fingerprint density at radius 3 is 2.72 bits per heavy atom. The smallest absolute Gasteiger partial charge is 0.260 e. The fourth-order valence-corrected chi connectivity index (χ4v) is 6.22. The molecule has 0 radical (unpaired) electrons. The number of aromatic nitrogens is 2. The van der Waals surface area contributed by atoms with Crippen LogP contribution in [0.3, 0.4) is 0 Å². The summed E-state index contributed by atoms with van der Waals surface area (Å²) in [6.07, 6.45) is 2.15. The molecule has 0 bridgehead atoms. The first-order valence-corrected chi connectivity index (χ1v) is 13.0. The number of benzene rings is 1. The molecule has 4 aromatic rings. The molecular formula is C24H25ClN4OS2. The zero-order chi connectivity index (χ0) is 22.1. The third-order valence-electron chi connectivity index (χ3n) is 6.05. The molecular weight excluding hydrogens is 460 g/mol. The van der Waals surface area contributed by atoms with Gasteiger partial charge in [0.1, 0.15) is 10.7 Å². The Kier molecular flexibility index (Phi) is 6.44. The lowest BCUT2D eigenvalue weighted by Gasteiger charge is -2.33. The van der Waals surface area contributed by atoms with E-state index in [9.17, 15) is 4.79 Å². The van der Waals surface area contributed by atoms with Crippen LogP contribution in [0.2, 0.25) is 5.02 Å². The van der Waals surface area contributed by atoms with Crippen LogP contribution in [0, 0.1) is 0 Å². The molecule has 1 saturated heterocycles. The van der Waals surface area contributed by atoms with Gasteiger partial charge < -0.3 is 10.3 Å². The van der Waals surface area contributed by atoms with Gasteiger partial charge in [-0.05, 0) is 62.0 Å². The maximum Gasteiger partial charge on any atom is 0.260 e. The first kappa shape index (κ1) is 21.8. The number of aromatic amines is 1. The van der Waals surface area contributed by atoms with E-state index in [1.807, 2.05) is 35.0 Å². The summed E-state index contributed by atoms with van der Waals surface area (Å²) in [7, 11) is 0. The van der Waals surface area contributed by atoms with Gasteiger partial charge in [-0.1, -0.05) is 29.8 Å². The average Bonchev–Trinajstić information content (AvgIpc) is 3.46. The normalized spacial score (nSPS) is 16.6. The second-order valence-electron chi connectivity index (χ2n) is 8.32. The summed E-state index contributed by atoms with van der Waals surface area (Å²) in [6, 6.07) is 12.6. The van der Waals surface area contributed by atoms with Crippen molar-refractivity contribution in [1.82, 2.24) is 20.2 Å². The molecule has 0 spiro atoms. The molecule has 5 nitrogen and oxygen atoms in total. The fourth-order valence-electron chi connectivity index (χ4n) is 4.32. The van der Waals surface area contributed by atoms with E-state index < -0.39 is 0 Å². The molecule has 0 amide bonds. The zero-order valence-corrected chi connectivity index (χ0v) is 20.2. The molecule has 1 fully saturated rings. The van der Waals surface area contributed by atoms with Gasteiger partial charge in [-0.25, -0.2) is 4.98 Å². The highest BCUT2D eigenvalue weighted by molar-refractivity contribution is 7.18. The van der Waals surface area contributed by atoms with Gasteiger partial charge in [-0.3, -0.25) is 9.69 Å². The van der Waals surface area contributed by atoms with Crippen molar-refractivity contribution in [1.29, 1.82) is 0 Å². The third kappa shape index (κ3) is 4.67. The maximum atomic E-state index is 12.9. The molecule has 1 aliphatic heterocycles. The van der Waals surface area contributed by atoms with Gasteiger partial charge in [0.25, 0.3) is 5.56 Å². The van der Waals surface area contributed by atoms with E-state index in [-0.39, 0.29) is 11.6 Å². The second-order valence-corrected chi connectivity index (χ2v) is 10.6. The fraction of sp³-hybridized carbons (Fsp3) is 0.333. The number of thiophene rings is 2. The highest BCUT2D eigenvalue weighted by Gasteiger charge is 2.23. The van der Waals surface area contributed by atoms with Gasteiger partial charge in [0.2, 0.25) is 0 Å². The number of nitrogens with one attached hydrogen (secondary N) is 2. The summed E-state index contributed by atoms with van der Waals surface area (Å²) < 4.78 is 0. The number of likely N-dealkylation sites (tertiary alicyclic amines) is 1. The van der Waals surface area contributed by atoms with E-state index in [1.54, 1.807) is 11.3 Å². The molecule has 0 aliphatic carbocycles. The zero-order valence-electron chi connectivity index (χ0n) is 17.8. The van der Waals surface area contributed by atoms with Gasteiger partial charge in [-0.15, -0.1) is 22.7 Å². The minimum absolute atomic E-state index is 0.00722. The SMILES string of the molecule is CC(NC1CCN(Cc2ccc(Cl)cc2)CC1)c1nc2scc(-c3cccs3)c2c(=O)[nH]1. The van der Waals surface area contributed by atoms with Crippen molar-refractivity contribution in [2.45, 2.75) is 38.4 Å². The summed E-state index contributed by atoms with van der Waals surface area (Å²) in [5, 5.41) is 9.23. The standard InChI is InChI=1S/C24H25ClN4OS2/c1-15(26-18-8-10-29(11-9-18)13-16-4-6-17(25)7-5-16)22-27-23(30)21-19(14-32-24(21)28-22)20-3-2-12-31-20/h2-7,12,14-15,18,26H,8-11,13H2,1H3,(H,27,28,30). The molecule has 0 saturated carbocycles. The summed E-state index contributed by atoms with van der Waals surface area (Å²) >= 11 is 9.17. The maximum absolute atomic E-state index is 12.9. The van der Waals surface area contributed by atoms with E-state index >= 15 is 0 Å². The molecule has 1 unspecified atom stereocenters. The Morgan fingerprint density at radius 2 is 2.00 bits per heavy atom. The molecule has 4 heterocycles. The van der Waals surface area contributed by atoms with Crippen molar-refractivity contribution in [3.63, 3.8) is 0 Å². The number of hydrogen-bond acceptors (Lipinski definition) is 6. The monoisotopic (exact) mass is 484 g/mol. The van der Waals surface area contributed by atoms with Gasteiger partial charge in [0.15, 0.2) is 0 Å². The number of H-pyrrole nitrogens is 1. The Bertz CT molecular complexity index is 1240. The molecule has 3 aromatic heterocycles. The van der Waals surface area contributed by atoms with E-state index in [4.69, 9.17) is 16.6 Å². The number of nitrogens with zero attached hydrogens (tertiary/aromatic N) is 2. The lowest BCUT2D eigenvalue weighted by molar-refractivity contribution is 0.184. The molecule has 5 rings (SSSR count). The van der Waals surface area contributed by atoms with Crippen LogP contribution in [0.25, 0.3) is 20.7 Å². The number of hydrogen-bond donors (Lipinski definition) is 2. The molecule has 32 heavy (non-hydrogen) atoms. The van der Waals surface area contributed by atoms with Crippen molar-refractivity contribution in [3.8, 4) is 10.4 Å². The lowest BCUT2D eigenvalue weighted by Crippen LogP contribution is -2.43. The summed E-state index contributed by atoms with van der Waals surface area (Å²) in [6.45, 7) is 5.13. The van der Waals surface area contributed by atoms with Crippen LogP contribution in [0.1, 0.15) is 37.2 Å². The van der Waals surface area contributed by atoms with Crippen LogP contribution in [0.5, 0.6) is 0 Å². The van der Waals surface area contributed by atoms with Gasteiger partial charge in [0, 0.05) is 33.4 Å².